The molecule has 2 heterocycles. The summed E-state index contributed by atoms with van der Waals surface area (Å²) in [5.41, 5.74) is 5.40. The lowest BCUT2D eigenvalue weighted by molar-refractivity contribution is -0.141. The zero-order valence-electron chi connectivity index (χ0n) is 12.3. The number of nitrogens with two attached hydrogens (primary N) is 1. The van der Waals surface area contributed by atoms with Crippen LogP contribution in [-0.2, 0) is 6.18 Å². The second kappa shape index (κ2) is 5.71. The maximum atomic E-state index is 12.7. The monoisotopic (exact) mass is 302 g/mol. The lowest BCUT2D eigenvalue weighted by atomic mass is 9.80. The van der Waals surface area contributed by atoms with Crippen molar-refractivity contribution in [2.75, 3.05) is 37.7 Å². The van der Waals surface area contributed by atoms with E-state index in [1.165, 1.54) is 0 Å². The van der Waals surface area contributed by atoms with Gasteiger partial charge in [-0.2, -0.15) is 13.2 Å². The number of likely N-dealkylation sites (tertiary alicyclic amines) is 1. The zero-order chi connectivity index (χ0) is 15.7. The molecule has 1 aromatic heterocycles. The van der Waals surface area contributed by atoms with Gasteiger partial charge < -0.3 is 16.0 Å². The Labute approximate surface area is 122 Å². The van der Waals surface area contributed by atoms with Crippen LogP contribution in [0.25, 0.3) is 0 Å². The molecule has 0 radical (unpaired) electrons. The number of halogens is 3. The SMILES string of the molecule is CN1CCC(C)(CNc2cc(C(F)(F)F)ncc2N)CC1. The Kier molecular flexibility index (Phi) is 4.32. The van der Waals surface area contributed by atoms with Crippen molar-refractivity contribution in [1.29, 1.82) is 0 Å². The highest BCUT2D eigenvalue weighted by atomic mass is 19.4. The Bertz CT molecular complexity index is 493. The first-order valence-corrected chi connectivity index (χ1v) is 6.95. The van der Waals surface area contributed by atoms with Gasteiger partial charge in [-0.25, -0.2) is 4.98 Å². The molecule has 0 atom stereocenters. The molecule has 2 rings (SSSR count). The number of alkyl halides is 3. The van der Waals surface area contributed by atoms with E-state index in [1.54, 1.807) is 0 Å². The van der Waals surface area contributed by atoms with Gasteiger partial charge in [0.05, 0.1) is 17.6 Å². The van der Waals surface area contributed by atoms with Gasteiger partial charge >= 0.3 is 6.18 Å². The fraction of sp³-hybridized carbons (Fsp3) is 0.643. The van der Waals surface area contributed by atoms with Crippen molar-refractivity contribution in [1.82, 2.24) is 9.88 Å². The molecule has 1 saturated heterocycles. The first-order chi connectivity index (χ1) is 9.70. The van der Waals surface area contributed by atoms with Crippen LogP contribution in [0.2, 0.25) is 0 Å². The van der Waals surface area contributed by atoms with E-state index in [9.17, 15) is 13.2 Å². The number of hydrogen-bond acceptors (Lipinski definition) is 4. The summed E-state index contributed by atoms with van der Waals surface area (Å²) in [6.07, 6.45) is -1.38. The van der Waals surface area contributed by atoms with Crippen LogP contribution in [0.15, 0.2) is 12.3 Å². The van der Waals surface area contributed by atoms with E-state index in [4.69, 9.17) is 5.73 Å². The van der Waals surface area contributed by atoms with Crippen LogP contribution in [-0.4, -0.2) is 36.6 Å². The summed E-state index contributed by atoms with van der Waals surface area (Å²) in [5.74, 6) is 0. The highest BCUT2D eigenvalue weighted by Crippen LogP contribution is 2.34. The third-order valence-corrected chi connectivity index (χ3v) is 4.12. The largest absolute Gasteiger partial charge is 0.433 e. The van der Waals surface area contributed by atoms with Gasteiger partial charge in [-0.15, -0.1) is 0 Å². The van der Waals surface area contributed by atoms with Crippen LogP contribution in [0.5, 0.6) is 0 Å². The number of piperidine rings is 1. The minimum Gasteiger partial charge on any atom is -0.396 e. The maximum absolute atomic E-state index is 12.7. The van der Waals surface area contributed by atoms with E-state index >= 15 is 0 Å². The van der Waals surface area contributed by atoms with E-state index in [0.717, 1.165) is 38.2 Å². The molecule has 0 amide bonds. The van der Waals surface area contributed by atoms with Crippen LogP contribution >= 0.6 is 0 Å². The molecular weight excluding hydrogens is 281 g/mol. The Morgan fingerprint density at radius 3 is 2.57 bits per heavy atom. The number of pyridine rings is 1. The molecule has 1 aromatic rings. The van der Waals surface area contributed by atoms with Crippen molar-refractivity contribution in [3.63, 3.8) is 0 Å². The average molecular weight is 302 g/mol. The van der Waals surface area contributed by atoms with E-state index < -0.39 is 11.9 Å². The number of nitrogens with one attached hydrogen (secondary N) is 1. The topological polar surface area (TPSA) is 54.2 Å². The summed E-state index contributed by atoms with van der Waals surface area (Å²) in [5, 5.41) is 3.07. The Morgan fingerprint density at radius 1 is 1.38 bits per heavy atom. The van der Waals surface area contributed by atoms with Crippen LogP contribution in [0.4, 0.5) is 24.5 Å². The standard InChI is InChI=1S/C14H21F3N4/c1-13(3-5-21(2)6-4-13)9-20-11-7-12(14(15,16)17)19-8-10(11)18/h7-8H,3-6,9,18H2,1-2H3,(H,19,20). The fourth-order valence-electron chi connectivity index (χ4n) is 2.42. The van der Waals surface area contributed by atoms with E-state index in [2.05, 4.69) is 29.2 Å². The Hall–Kier alpha value is -1.50. The molecule has 0 saturated carbocycles. The van der Waals surface area contributed by atoms with Crippen LogP contribution in [0.3, 0.4) is 0 Å². The van der Waals surface area contributed by atoms with Crippen molar-refractivity contribution < 1.29 is 13.2 Å². The van der Waals surface area contributed by atoms with Gasteiger partial charge in [0.15, 0.2) is 0 Å². The van der Waals surface area contributed by atoms with E-state index in [-0.39, 0.29) is 11.1 Å². The molecule has 3 N–H and O–H groups in total. The van der Waals surface area contributed by atoms with Gasteiger partial charge in [0.1, 0.15) is 5.69 Å². The van der Waals surface area contributed by atoms with Gasteiger partial charge in [-0.05, 0) is 44.5 Å². The summed E-state index contributed by atoms with van der Waals surface area (Å²) in [6, 6.07) is 0.980. The molecule has 4 nitrogen and oxygen atoms in total. The molecule has 21 heavy (non-hydrogen) atoms. The smallest absolute Gasteiger partial charge is 0.396 e. The molecule has 0 aromatic carbocycles. The number of nitrogens with zero attached hydrogens (tertiary/aromatic N) is 2. The number of hydrogen-bond donors (Lipinski definition) is 2. The minimum atomic E-state index is -4.46. The molecule has 0 spiro atoms. The van der Waals surface area contributed by atoms with Gasteiger partial charge in [0, 0.05) is 6.54 Å². The lowest BCUT2D eigenvalue weighted by Crippen LogP contribution is -2.40. The summed E-state index contributed by atoms with van der Waals surface area (Å²) < 4.78 is 38.0. The zero-order valence-corrected chi connectivity index (χ0v) is 12.3. The summed E-state index contributed by atoms with van der Waals surface area (Å²) in [7, 11) is 2.07. The van der Waals surface area contributed by atoms with Crippen molar-refractivity contribution in [2.24, 2.45) is 5.41 Å². The minimum absolute atomic E-state index is 0.0701. The van der Waals surface area contributed by atoms with E-state index in [1.807, 2.05) is 0 Å². The molecule has 0 aliphatic carbocycles. The number of nitrogen functional groups attached to an aromatic ring is 1. The van der Waals surface area contributed by atoms with Gasteiger partial charge in [-0.3, -0.25) is 0 Å². The average Bonchev–Trinajstić information content (AvgIpc) is 2.40. The molecular formula is C14H21F3N4. The molecule has 118 valence electrons. The van der Waals surface area contributed by atoms with Crippen molar-refractivity contribution >= 4 is 11.4 Å². The lowest BCUT2D eigenvalue weighted by Gasteiger charge is -2.38. The first kappa shape index (κ1) is 15.9. The third-order valence-electron chi connectivity index (χ3n) is 4.12. The molecule has 1 aliphatic heterocycles. The highest BCUT2D eigenvalue weighted by Gasteiger charge is 2.33. The Morgan fingerprint density at radius 2 is 2.00 bits per heavy atom. The molecule has 1 aliphatic rings. The quantitative estimate of drug-likeness (QED) is 0.901. The summed E-state index contributed by atoms with van der Waals surface area (Å²) in [6.45, 7) is 4.75. The van der Waals surface area contributed by atoms with Crippen LogP contribution in [0, 0.1) is 5.41 Å². The highest BCUT2D eigenvalue weighted by molar-refractivity contribution is 5.65. The van der Waals surface area contributed by atoms with Crippen LogP contribution in [0.1, 0.15) is 25.5 Å². The first-order valence-electron chi connectivity index (χ1n) is 6.95. The molecule has 0 bridgehead atoms. The predicted molar refractivity (Wildman–Crippen MR) is 77.0 cm³/mol. The Balaban J connectivity index is 2.06. The maximum Gasteiger partial charge on any atom is 0.433 e. The predicted octanol–water partition coefficient (Wildman–Crippen LogP) is 2.83. The van der Waals surface area contributed by atoms with Crippen molar-refractivity contribution in [2.45, 2.75) is 25.9 Å². The summed E-state index contributed by atoms with van der Waals surface area (Å²) >= 11 is 0. The fourth-order valence-corrected chi connectivity index (χ4v) is 2.42. The molecule has 0 unspecified atom stereocenters. The normalized spacial score (nSPS) is 19.5. The number of rotatable bonds is 3. The number of aromatic nitrogens is 1. The number of anilines is 2. The third kappa shape index (κ3) is 4.00. The van der Waals surface area contributed by atoms with Crippen LogP contribution < -0.4 is 11.1 Å². The van der Waals surface area contributed by atoms with Crippen molar-refractivity contribution in [3.8, 4) is 0 Å². The van der Waals surface area contributed by atoms with Gasteiger partial charge in [-0.1, -0.05) is 6.92 Å². The second-order valence-corrected chi connectivity index (χ2v) is 6.12. The van der Waals surface area contributed by atoms with Crippen molar-refractivity contribution in [3.05, 3.63) is 18.0 Å². The molecule has 1 fully saturated rings. The van der Waals surface area contributed by atoms with Gasteiger partial charge in [0.25, 0.3) is 0 Å². The van der Waals surface area contributed by atoms with E-state index in [0.29, 0.717) is 12.2 Å². The van der Waals surface area contributed by atoms with Gasteiger partial charge in [0.2, 0.25) is 0 Å². The second-order valence-electron chi connectivity index (χ2n) is 6.12. The molecule has 7 heteroatoms. The summed E-state index contributed by atoms with van der Waals surface area (Å²) in [4.78, 5) is 5.59.